The van der Waals surface area contributed by atoms with Crippen molar-refractivity contribution in [3.63, 3.8) is 0 Å². The van der Waals surface area contributed by atoms with Crippen LogP contribution in [-0.4, -0.2) is 43.0 Å². The van der Waals surface area contributed by atoms with Crippen LogP contribution < -0.4 is 4.90 Å². The summed E-state index contributed by atoms with van der Waals surface area (Å²) in [6.45, 7) is 1.62. The summed E-state index contributed by atoms with van der Waals surface area (Å²) in [5.41, 5.74) is 0.191. The third-order valence-corrected chi connectivity index (χ3v) is 4.18. The molecule has 1 aromatic rings. The molecule has 3 nitrogen and oxygen atoms in total. The molecule has 7 heteroatoms. The van der Waals surface area contributed by atoms with Crippen molar-refractivity contribution in [2.24, 2.45) is 5.92 Å². The average molecular weight is 322 g/mol. The molecule has 1 aliphatic heterocycles. The largest absolute Gasteiger partial charge is 0.481 e. The number of carboxylic acids is 1. The maximum Gasteiger partial charge on any atom is 0.416 e. The van der Waals surface area contributed by atoms with E-state index < -0.39 is 17.7 Å². The summed E-state index contributed by atoms with van der Waals surface area (Å²) in [6, 6.07) is 5.28. The number of halogens is 3. The molecular formula is C16H20F3LiNO2. The summed E-state index contributed by atoms with van der Waals surface area (Å²) in [6.07, 6.45) is -0.566. The van der Waals surface area contributed by atoms with Gasteiger partial charge in [0.1, 0.15) is 0 Å². The monoisotopic (exact) mass is 322 g/mol. The van der Waals surface area contributed by atoms with Gasteiger partial charge in [0, 0.05) is 44.1 Å². The minimum absolute atomic E-state index is 0. The number of piperidine rings is 1. The van der Waals surface area contributed by atoms with Gasteiger partial charge >= 0.3 is 12.1 Å². The molecule has 1 N–H and O–H groups in total. The van der Waals surface area contributed by atoms with E-state index >= 15 is 0 Å². The van der Waals surface area contributed by atoms with Gasteiger partial charge in [0.05, 0.1) is 5.56 Å². The van der Waals surface area contributed by atoms with Gasteiger partial charge in [0.15, 0.2) is 0 Å². The van der Waals surface area contributed by atoms with Crippen molar-refractivity contribution in [3.8, 4) is 0 Å². The van der Waals surface area contributed by atoms with E-state index in [1.807, 2.05) is 0 Å². The zero-order valence-corrected chi connectivity index (χ0v) is 13.3. The standard InChI is InChI=1S/C16H20F3NO2.Li/c17-16(18,19)13-4-6-14(7-5-13)20-10-8-12(9-11-20)2-1-3-15(21)22;/h4-7,12H,1-3,8-11H2,(H,21,22);. The summed E-state index contributed by atoms with van der Waals surface area (Å²) < 4.78 is 37.6. The van der Waals surface area contributed by atoms with Crippen molar-refractivity contribution < 1.29 is 23.1 Å². The first-order chi connectivity index (χ1) is 10.4. The van der Waals surface area contributed by atoms with Crippen LogP contribution in [0.1, 0.15) is 37.7 Å². The second-order valence-electron chi connectivity index (χ2n) is 5.76. The Morgan fingerprint density at radius 2 is 1.74 bits per heavy atom. The smallest absolute Gasteiger partial charge is 0.416 e. The molecule has 1 aromatic carbocycles. The maximum absolute atomic E-state index is 12.5. The molecule has 0 saturated carbocycles. The van der Waals surface area contributed by atoms with Crippen LogP contribution in [0.4, 0.5) is 18.9 Å². The van der Waals surface area contributed by atoms with Gasteiger partial charge in [-0.15, -0.1) is 0 Å². The summed E-state index contributed by atoms with van der Waals surface area (Å²) in [5.74, 6) is -0.243. The van der Waals surface area contributed by atoms with E-state index in [0.717, 1.165) is 50.2 Å². The fraction of sp³-hybridized carbons (Fsp3) is 0.562. The number of rotatable bonds is 5. The van der Waals surface area contributed by atoms with E-state index in [1.165, 1.54) is 12.1 Å². The Labute approximate surface area is 146 Å². The Hall–Kier alpha value is -1.12. The van der Waals surface area contributed by atoms with E-state index in [0.29, 0.717) is 12.3 Å². The third-order valence-electron chi connectivity index (χ3n) is 4.18. The van der Waals surface area contributed by atoms with Crippen LogP contribution >= 0.6 is 0 Å². The topological polar surface area (TPSA) is 40.5 Å². The molecule has 0 aromatic heterocycles. The van der Waals surface area contributed by atoms with Crippen molar-refractivity contribution in [1.29, 1.82) is 0 Å². The van der Waals surface area contributed by atoms with Gasteiger partial charge in [0.25, 0.3) is 0 Å². The van der Waals surface area contributed by atoms with Crippen LogP contribution in [-0.2, 0) is 11.0 Å². The van der Waals surface area contributed by atoms with Crippen LogP contribution in [0.5, 0.6) is 0 Å². The molecule has 1 aliphatic rings. The van der Waals surface area contributed by atoms with Crippen molar-refractivity contribution in [2.75, 3.05) is 18.0 Å². The number of carboxylic acid groups (broad SMARTS) is 1. The number of alkyl halides is 3. The molecule has 0 bridgehead atoms. The Balaban J connectivity index is 0.00000264. The fourth-order valence-electron chi connectivity index (χ4n) is 2.88. The third kappa shape index (κ3) is 6.12. The quantitative estimate of drug-likeness (QED) is 0.839. The number of hydrogen-bond acceptors (Lipinski definition) is 2. The van der Waals surface area contributed by atoms with Gasteiger partial charge in [-0.25, -0.2) is 0 Å². The Bertz CT molecular complexity index is 497. The van der Waals surface area contributed by atoms with Crippen LogP contribution in [0.15, 0.2) is 24.3 Å². The second-order valence-corrected chi connectivity index (χ2v) is 5.76. The summed E-state index contributed by atoms with van der Waals surface area (Å²) in [5, 5.41) is 8.62. The van der Waals surface area contributed by atoms with Gasteiger partial charge in [-0.05, 0) is 55.9 Å². The van der Waals surface area contributed by atoms with Gasteiger partial charge < -0.3 is 10.0 Å². The molecule has 1 heterocycles. The first-order valence-electron chi connectivity index (χ1n) is 7.50. The molecule has 0 atom stereocenters. The van der Waals surface area contributed by atoms with E-state index in [4.69, 9.17) is 5.11 Å². The summed E-state index contributed by atoms with van der Waals surface area (Å²) >= 11 is 0. The minimum Gasteiger partial charge on any atom is -0.481 e. The molecule has 123 valence electrons. The average Bonchev–Trinajstić information content (AvgIpc) is 2.47. The number of benzene rings is 1. The molecule has 1 saturated heterocycles. The molecule has 1 radical (unpaired) electrons. The first-order valence-corrected chi connectivity index (χ1v) is 7.50. The first kappa shape index (κ1) is 19.9. The van der Waals surface area contributed by atoms with Gasteiger partial charge in [-0.1, -0.05) is 0 Å². The molecule has 0 unspecified atom stereocenters. The van der Waals surface area contributed by atoms with E-state index in [9.17, 15) is 18.0 Å². The van der Waals surface area contributed by atoms with Crippen LogP contribution in [0.2, 0.25) is 0 Å². The molecular weight excluding hydrogens is 302 g/mol. The van der Waals surface area contributed by atoms with Crippen molar-refractivity contribution in [1.82, 2.24) is 0 Å². The van der Waals surface area contributed by atoms with Crippen LogP contribution in [0.25, 0.3) is 0 Å². The second kappa shape index (κ2) is 8.65. The van der Waals surface area contributed by atoms with Crippen LogP contribution in [0, 0.1) is 5.92 Å². The Kier molecular flexibility index (Phi) is 7.49. The van der Waals surface area contributed by atoms with Crippen molar-refractivity contribution in [3.05, 3.63) is 29.8 Å². The number of hydrogen-bond donors (Lipinski definition) is 1. The predicted octanol–water partition coefficient (Wildman–Crippen LogP) is 3.80. The maximum atomic E-state index is 12.5. The van der Waals surface area contributed by atoms with E-state index in [2.05, 4.69) is 4.90 Å². The van der Waals surface area contributed by atoms with Crippen molar-refractivity contribution >= 4 is 30.5 Å². The Morgan fingerprint density at radius 1 is 1.17 bits per heavy atom. The number of anilines is 1. The molecule has 0 amide bonds. The van der Waals surface area contributed by atoms with Crippen molar-refractivity contribution in [2.45, 2.75) is 38.3 Å². The zero-order valence-electron chi connectivity index (χ0n) is 13.3. The number of nitrogens with zero attached hydrogens (tertiary/aromatic N) is 1. The summed E-state index contributed by atoms with van der Waals surface area (Å²) in [4.78, 5) is 12.6. The predicted molar refractivity (Wildman–Crippen MR) is 83.6 cm³/mol. The van der Waals surface area contributed by atoms with E-state index in [-0.39, 0.29) is 25.3 Å². The number of carbonyl (C=O) groups is 1. The normalized spacial score (nSPS) is 16.0. The van der Waals surface area contributed by atoms with Gasteiger partial charge in [-0.3, -0.25) is 4.79 Å². The van der Waals surface area contributed by atoms with E-state index in [1.54, 1.807) is 0 Å². The van der Waals surface area contributed by atoms with Crippen LogP contribution in [0.3, 0.4) is 0 Å². The van der Waals surface area contributed by atoms with Gasteiger partial charge in [0.2, 0.25) is 0 Å². The molecule has 2 rings (SSSR count). The molecule has 1 fully saturated rings. The summed E-state index contributed by atoms with van der Waals surface area (Å²) in [7, 11) is 0. The minimum atomic E-state index is -4.30. The molecule has 0 spiro atoms. The Morgan fingerprint density at radius 3 is 2.22 bits per heavy atom. The zero-order chi connectivity index (χ0) is 16.2. The molecule has 0 aliphatic carbocycles. The fourth-order valence-corrected chi connectivity index (χ4v) is 2.88. The SMILES string of the molecule is O=C(O)CCCC1CCN(c2ccc(C(F)(F)F)cc2)CC1.[Li]. The molecule has 23 heavy (non-hydrogen) atoms. The van der Waals surface area contributed by atoms with Gasteiger partial charge in [-0.2, -0.15) is 13.2 Å². The number of aliphatic carboxylic acids is 1.